The van der Waals surface area contributed by atoms with Crippen LogP contribution in [0.25, 0.3) is 0 Å². The van der Waals surface area contributed by atoms with Gasteiger partial charge in [-0.3, -0.25) is 4.21 Å². The fraction of sp³-hybridized carbons (Fsp3) is 0.133. The van der Waals surface area contributed by atoms with Gasteiger partial charge >= 0.3 is 0 Å². The summed E-state index contributed by atoms with van der Waals surface area (Å²) in [6, 6.07) is 14.2. The molecule has 0 saturated carbocycles. The van der Waals surface area contributed by atoms with Gasteiger partial charge in [0, 0.05) is 5.69 Å². The van der Waals surface area contributed by atoms with Crippen molar-refractivity contribution in [2.75, 3.05) is 12.8 Å². The standard InChI is InChI=1S/C15H14N2O2S/c1-19-13-6-7-14(17)15(8-13)20(18)10-12-4-2-11(9-16)3-5-12/h2-8H,10,17H2,1H3. The maximum absolute atomic E-state index is 12.4. The molecule has 0 aliphatic heterocycles. The summed E-state index contributed by atoms with van der Waals surface area (Å²) in [6.07, 6.45) is 0. The highest BCUT2D eigenvalue weighted by Gasteiger charge is 2.10. The van der Waals surface area contributed by atoms with E-state index in [0.29, 0.717) is 27.6 Å². The molecule has 0 aromatic heterocycles. The first-order chi connectivity index (χ1) is 9.63. The Balaban J connectivity index is 2.21. The zero-order valence-corrected chi connectivity index (χ0v) is 11.8. The number of anilines is 1. The molecule has 0 radical (unpaired) electrons. The zero-order valence-electron chi connectivity index (χ0n) is 11.0. The second-order valence-corrected chi connectivity index (χ2v) is 5.62. The van der Waals surface area contributed by atoms with Crippen molar-refractivity contribution < 1.29 is 8.95 Å². The third kappa shape index (κ3) is 3.16. The fourth-order valence-corrected chi connectivity index (χ4v) is 2.97. The van der Waals surface area contributed by atoms with Crippen LogP contribution in [0, 0.1) is 11.3 Å². The number of methoxy groups -OCH3 is 1. The average Bonchev–Trinajstić information content (AvgIpc) is 2.48. The summed E-state index contributed by atoms with van der Waals surface area (Å²) in [4.78, 5) is 0.564. The number of rotatable bonds is 4. The van der Waals surface area contributed by atoms with Crippen LogP contribution in [0.1, 0.15) is 11.1 Å². The first-order valence-corrected chi connectivity index (χ1v) is 7.27. The van der Waals surface area contributed by atoms with E-state index >= 15 is 0 Å². The smallest absolute Gasteiger partial charge is 0.120 e. The fourth-order valence-electron chi connectivity index (χ4n) is 1.74. The highest BCUT2D eigenvalue weighted by atomic mass is 32.2. The summed E-state index contributed by atoms with van der Waals surface area (Å²) in [5, 5.41) is 8.74. The van der Waals surface area contributed by atoms with Crippen molar-refractivity contribution in [3.8, 4) is 11.8 Å². The van der Waals surface area contributed by atoms with Gasteiger partial charge in [-0.25, -0.2) is 0 Å². The monoisotopic (exact) mass is 286 g/mol. The van der Waals surface area contributed by atoms with Crippen LogP contribution in [0.15, 0.2) is 47.4 Å². The molecule has 102 valence electrons. The Bertz CT molecular complexity index is 675. The van der Waals surface area contributed by atoms with Crippen LogP contribution in [0.2, 0.25) is 0 Å². The van der Waals surface area contributed by atoms with E-state index in [1.807, 2.05) is 0 Å². The van der Waals surface area contributed by atoms with Crippen LogP contribution in [0.3, 0.4) is 0 Å². The minimum atomic E-state index is -1.25. The van der Waals surface area contributed by atoms with E-state index in [-0.39, 0.29) is 0 Å². The van der Waals surface area contributed by atoms with Crippen molar-refractivity contribution in [1.82, 2.24) is 0 Å². The van der Waals surface area contributed by atoms with E-state index < -0.39 is 10.8 Å². The van der Waals surface area contributed by atoms with Gasteiger partial charge in [0.15, 0.2) is 0 Å². The molecule has 0 aliphatic carbocycles. The molecule has 0 heterocycles. The number of nitrogens with two attached hydrogens (primary N) is 1. The SMILES string of the molecule is COc1ccc(N)c(S(=O)Cc2ccc(C#N)cc2)c1. The summed E-state index contributed by atoms with van der Waals surface area (Å²) < 4.78 is 17.5. The summed E-state index contributed by atoms with van der Waals surface area (Å²) in [6.45, 7) is 0. The van der Waals surface area contributed by atoms with Gasteiger partial charge in [0.2, 0.25) is 0 Å². The summed E-state index contributed by atoms with van der Waals surface area (Å²) in [7, 11) is 0.300. The Morgan fingerprint density at radius 2 is 1.95 bits per heavy atom. The van der Waals surface area contributed by atoms with Crippen molar-refractivity contribution in [3.05, 3.63) is 53.6 Å². The molecular formula is C15H14N2O2S. The molecule has 0 aliphatic rings. The Hall–Kier alpha value is -2.32. The normalized spacial score (nSPS) is 11.6. The van der Waals surface area contributed by atoms with Crippen molar-refractivity contribution in [1.29, 1.82) is 5.26 Å². The number of benzene rings is 2. The van der Waals surface area contributed by atoms with Crippen LogP contribution in [0.4, 0.5) is 5.69 Å². The third-order valence-corrected chi connectivity index (χ3v) is 4.29. The zero-order chi connectivity index (χ0) is 14.5. The van der Waals surface area contributed by atoms with Crippen LogP contribution in [0.5, 0.6) is 5.75 Å². The molecule has 2 aromatic carbocycles. The molecule has 0 fully saturated rings. The number of nitrogens with zero attached hydrogens (tertiary/aromatic N) is 1. The van der Waals surface area contributed by atoms with Gasteiger partial charge in [-0.05, 0) is 35.9 Å². The lowest BCUT2D eigenvalue weighted by Crippen LogP contribution is -2.01. The number of nitriles is 1. The molecule has 0 saturated heterocycles. The van der Waals surface area contributed by atoms with Gasteiger partial charge in [0.25, 0.3) is 0 Å². The van der Waals surface area contributed by atoms with Gasteiger partial charge in [-0.15, -0.1) is 0 Å². The predicted molar refractivity (Wildman–Crippen MR) is 78.7 cm³/mol. The maximum atomic E-state index is 12.4. The van der Waals surface area contributed by atoms with E-state index in [1.54, 1.807) is 49.6 Å². The molecule has 0 bridgehead atoms. The molecule has 1 atom stereocenters. The van der Waals surface area contributed by atoms with Crippen LogP contribution in [-0.2, 0) is 16.6 Å². The average molecular weight is 286 g/mol. The summed E-state index contributed by atoms with van der Waals surface area (Å²) >= 11 is 0. The number of ether oxygens (including phenoxy) is 1. The summed E-state index contributed by atoms with van der Waals surface area (Å²) in [5.74, 6) is 0.977. The third-order valence-electron chi connectivity index (χ3n) is 2.85. The lowest BCUT2D eigenvalue weighted by atomic mass is 10.2. The number of nitrogen functional groups attached to an aromatic ring is 1. The Labute approximate surface area is 120 Å². The van der Waals surface area contributed by atoms with Crippen molar-refractivity contribution in [2.24, 2.45) is 0 Å². The first kappa shape index (κ1) is 14.1. The largest absolute Gasteiger partial charge is 0.497 e. The molecule has 2 rings (SSSR count). The molecule has 0 spiro atoms. The molecule has 4 nitrogen and oxygen atoms in total. The van der Waals surface area contributed by atoms with Crippen molar-refractivity contribution >= 4 is 16.5 Å². The molecule has 5 heteroatoms. The van der Waals surface area contributed by atoms with E-state index in [4.69, 9.17) is 15.7 Å². The topological polar surface area (TPSA) is 76.1 Å². The molecule has 20 heavy (non-hydrogen) atoms. The van der Waals surface area contributed by atoms with E-state index in [1.165, 1.54) is 0 Å². The summed E-state index contributed by atoms with van der Waals surface area (Å²) in [5.41, 5.74) is 7.81. The molecule has 2 N–H and O–H groups in total. The van der Waals surface area contributed by atoms with Gasteiger partial charge < -0.3 is 10.5 Å². The first-order valence-electron chi connectivity index (χ1n) is 5.95. The van der Waals surface area contributed by atoms with Crippen molar-refractivity contribution in [3.63, 3.8) is 0 Å². The number of hydrogen-bond acceptors (Lipinski definition) is 4. The Kier molecular flexibility index (Phi) is 4.38. The molecule has 2 aromatic rings. The predicted octanol–water partition coefficient (Wildman–Crippen LogP) is 2.46. The number of hydrogen-bond donors (Lipinski definition) is 1. The van der Waals surface area contributed by atoms with Crippen LogP contribution < -0.4 is 10.5 Å². The van der Waals surface area contributed by atoms with E-state index in [9.17, 15) is 4.21 Å². The van der Waals surface area contributed by atoms with Gasteiger partial charge in [-0.1, -0.05) is 12.1 Å². The lowest BCUT2D eigenvalue weighted by Gasteiger charge is -2.08. The highest BCUT2D eigenvalue weighted by molar-refractivity contribution is 7.84. The van der Waals surface area contributed by atoms with Gasteiger partial charge in [0.05, 0.1) is 40.2 Å². The Morgan fingerprint density at radius 3 is 2.55 bits per heavy atom. The lowest BCUT2D eigenvalue weighted by molar-refractivity contribution is 0.413. The van der Waals surface area contributed by atoms with Crippen molar-refractivity contribution in [2.45, 2.75) is 10.6 Å². The molecule has 1 unspecified atom stereocenters. The minimum Gasteiger partial charge on any atom is -0.497 e. The quantitative estimate of drug-likeness (QED) is 0.876. The second-order valence-electron chi connectivity index (χ2n) is 4.20. The molecular weight excluding hydrogens is 272 g/mol. The highest BCUT2D eigenvalue weighted by Crippen LogP contribution is 2.24. The Morgan fingerprint density at radius 1 is 1.25 bits per heavy atom. The van der Waals surface area contributed by atoms with E-state index in [0.717, 1.165) is 5.56 Å². The van der Waals surface area contributed by atoms with Crippen LogP contribution in [-0.4, -0.2) is 11.3 Å². The van der Waals surface area contributed by atoms with E-state index in [2.05, 4.69) is 6.07 Å². The second kappa shape index (κ2) is 6.22. The van der Waals surface area contributed by atoms with Gasteiger partial charge in [-0.2, -0.15) is 5.26 Å². The van der Waals surface area contributed by atoms with Gasteiger partial charge in [0.1, 0.15) is 5.75 Å². The maximum Gasteiger partial charge on any atom is 0.120 e. The minimum absolute atomic E-state index is 0.350. The molecule has 0 amide bonds. The van der Waals surface area contributed by atoms with Crippen LogP contribution >= 0.6 is 0 Å².